The van der Waals surface area contributed by atoms with Crippen LogP contribution in [0.15, 0.2) is 16.3 Å². The van der Waals surface area contributed by atoms with Gasteiger partial charge in [0.1, 0.15) is 9.09 Å². The van der Waals surface area contributed by atoms with E-state index in [0.717, 1.165) is 11.3 Å². The van der Waals surface area contributed by atoms with Gasteiger partial charge < -0.3 is 9.84 Å². The molecule has 1 saturated heterocycles. The number of morpholine rings is 1. The second-order valence-electron chi connectivity index (χ2n) is 3.96. The molecule has 0 aliphatic carbocycles. The van der Waals surface area contributed by atoms with Crippen LogP contribution in [0, 0.1) is 0 Å². The summed E-state index contributed by atoms with van der Waals surface area (Å²) in [6.07, 6.45) is 0. The highest BCUT2D eigenvalue weighted by Crippen LogP contribution is 2.27. The van der Waals surface area contributed by atoms with Gasteiger partial charge in [0.05, 0.1) is 13.2 Å². The zero-order valence-corrected chi connectivity index (χ0v) is 11.3. The Morgan fingerprint density at radius 3 is 2.83 bits per heavy atom. The molecular weight excluding hydrogens is 278 g/mol. The molecule has 1 atom stereocenters. The van der Waals surface area contributed by atoms with Gasteiger partial charge >= 0.3 is 5.97 Å². The van der Waals surface area contributed by atoms with E-state index in [4.69, 9.17) is 9.84 Å². The van der Waals surface area contributed by atoms with Gasteiger partial charge in [-0.25, -0.2) is 13.2 Å². The fourth-order valence-corrected chi connectivity index (χ4v) is 4.63. The molecule has 1 aliphatic heterocycles. The molecule has 1 aromatic heterocycles. The van der Waals surface area contributed by atoms with E-state index in [1.165, 1.54) is 16.4 Å². The van der Waals surface area contributed by atoms with Crippen LogP contribution in [0.4, 0.5) is 0 Å². The summed E-state index contributed by atoms with van der Waals surface area (Å²) in [5.41, 5.74) is 0. The topological polar surface area (TPSA) is 83.9 Å². The number of carboxylic acids is 1. The zero-order valence-electron chi connectivity index (χ0n) is 9.70. The minimum absolute atomic E-state index is 0.0227. The number of nitrogens with zero attached hydrogens (tertiary/aromatic N) is 1. The molecular formula is C10H13NO5S2. The summed E-state index contributed by atoms with van der Waals surface area (Å²) in [5, 5.41) is 8.81. The van der Waals surface area contributed by atoms with Crippen molar-refractivity contribution in [3.63, 3.8) is 0 Å². The Labute approximate surface area is 109 Å². The molecule has 18 heavy (non-hydrogen) atoms. The van der Waals surface area contributed by atoms with Gasteiger partial charge in [0.2, 0.25) is 0 Å². The first-order valence-electron chi connectivity index (χ1n) is 5.35. The van der Waals surface area contributed by atoms with Crippen molar-refractivity contribution in [2.75, 3.05) is 19.8 Å². The monoisotopic (exact) mass is 291 g/mol. The Kier molecular flexibility index (Phi) is 3.71. The fourth-order valence-electron chi connectivity index (χ4n) is 1.76. The van der Waals surface area contributed by atoms with Crippen molar-refractivity contribution in [3.05, 3.63) is 17.0 Å². The number of sulfonamides is 1. The Morgan fingerprint density at radius 2 is 2.28 bits per heavy atom. The van der Waals surface area contributed by atoms with E-state index in [9.17, 15) is 13.2 Å². The maximum absolute atomic E-state index is 12.3. The molecule has 0 bridgehead atoms. The Hall–Kier alpha value is -0.960. The van der Waals surface area contributed by atoms with Crippen LogP contribution < -0.4 is 0 Å². The van der Waals surface area contributed by atoms with Gasteiger partial charge in [-0.05, 0) is 19.1 Å². The second-order valence-corrected chi connectivity index (χ2v) is 7.16. The summed E-state index contributed by atoms with van der Waals surface area (Å²) in [6.45, 7) is 2.78. The van der Waals surface area contributed by atoms with Crippen molar-refractivity contribution < 1.29 is 23.1 Å². The Morgan fingerprint density at radius 1 is 1.56 bits per heavy atom. The fraction of sp³-hybridized carbons (Fsp3) is 0.500. The first-order chi connectivity index (χ1) is 8.43. The predicted molar refractivity (Wildman–Crippen MR) is 65.5 cm³/mol. The molecule has 0 aromatic carbocycles. The van der Waals surface area contributed by atoms with Crippen LogP contribution in [0.2, 0.25) is 0 Å². The Balaban J connectivity index is 2.31. The number of rotatable bonds is 3. The first-order valence-corrected chi connectivity index (χ1v) is 7.61. The molecule has 1 unspecified atom stereocenters. The summed E-state index contributed by atoms with van der Waals surface area (Å²) < 4.78 is 31.3. The molecule has 0 amide bonds. The van der Waals surface area contributed by atoms with Crippen LogP contribution in [-0.4, -0.2) is 49.6 Å². The van der Waals surface area contributed by atoms with Crippen molar-refractivity contribution in [2.24, 2.45) is 0 Å². The van der Waals surface area contributed by atoms with Gasteiger partial charge in [-0.15, -0.1) is 11.3 Å². The largest absolute Gasteiger partial charge is 0.477 e. The highest BCUT2D eigenvalue weighted by molar-refractivity contribution is 7.91. The lowest BCUT2D eigenvalue weighted by atomic mass is 10.3. The molecule has 0 spiro atoms. The van der Waals surface area contributed by atoms with Gasteiger partial charge in [0.15, 0.2) is 0 Å². The molecule has 0 radical (unpaired) electrons. The summed E-state index contributed by atoms with van der Waals surface area (Å²) in [4.78, 5) is 10.8. The minimum Gasteiger partial charge on any atom is -0.477 e. The van der Waals surface area contributed by atoms with Crippen LogP contribution in [0.5, 0.6) is 0 Å². The van der Waals surface area contributed by atoms with Crippen molar-refractivity contribution in [2.45, 2.75) is 17.2 Å². The quantitative estimate of drug-likeness (QED) is 0.892. The summed E-state index contributed by atoms with van der Waals surface area (Å²) in [6, 6.07) is 2.41. The number of thiophene rings is 1. The van der Waals surface area contributed by atoms with Crippen LogP contribution in [0.3, 0.4) is 0 Å². The third-order valence-corrected chi connectivity index (χ3v) is 6.22. The molecule has 8 heteroatoms. The maximum atomic E-state index is 12.3. The smallest absolute Gasteiger partial charge is 0.345 e. The van der Waals surface area contributed by atoms with Crippen LogP contribution in [-0.2, 0) is 14.8 Å². The zero-order chi connectivity index (χ0) is 13.3. The molecule has 0 saturated carbocycles. The van der Waals surface area contributed by atoms with Gasteiger partial charge in [-0.3, -0.25) is 0 Å². The van der Waals surface area contributed by atoms with E-state index in [1.54, 1.807) is 6.92 Å². The van der Waals surface area contributed by atoms with Gasteiger partial charge in [-0.1, -0.05) is 0 Å². The summed E-state index contributed by atoms with van der Waals surface area (Å²) in [5.74, 6) is -1.11. The van der Waals surface area contributed by atoms with Crippen LogP contribution >= 0.6 is 11.3 Å². The van der Waals surface area contributed by atoms with E-state index in [-0.39, 0.29) is 15.1 Å². The standard InChI is InChI=1S/C10H13NO5S2/c1-7-6-16-5-4-11(7)18(14,15)9-3-2-8(17-9)10(12)13/h2-3,7H,4-6H2,1H3,(H,12,13). The lowest BCUT2D eigenvalue weighted by Crippen LogP contribution is -2.46. The van der Waals surface area contributed by atoms with Crippen molar-refractivity contribution >= 4 is 27.3 Å². The summed E-state index contributed by atoms with van der Waals surface area (Å²) >= 11 is 0.774. The highest BCUT2D eigenvalue weighted by Gasteiger charge is 2.32. The number of ether oxygens (including phenoxy) is 1. The average Bonchev–Trinajstić information content (AvgIpc) is 2.79. The van der Waals surface area contributed by atoms with Crippen molar-refractivity contribution in [1.82, 2.24) is 4.31 Å². The number of aromatic carboxylic acids is 1. The summed E-state index contributed by atoms with van der Waals surface area (Å²) in [7, 11) is -3.62. The van der Waals surface area contributed by atoms with Gasteiger partial charge in [-0.2, -0.15) is 4.31 Å². The Bertz CT molecular complexity index is 550. The van der Waals surface area contributed by atoms with E-state index < -0.39 is 16.0 Å². The molecule has 1 aliphatic rings. The molecule has 2 rings (SSSR count). The lowest BCUT2D eigenvalue weighted by molar-refractivity contribution is 0.0393. The van der Waals surface area contributed by atoms with Gasteiger partial charge in [0, 0.05) is 12.6 Å². The second kappa shape index (κ2) is 4.96. The third-order valence-electron chi connectivity index (χ3n) is 2.66. The first kappa shape index (κ1) is 13.5. The number of carbonyl (C=O) groups is 1. The SMILES string of the molecule is CC1COCCN1S(=O)(=O)c1ccc(C(=O)O)s1. The van der Waals surface area contributed by atoms with Crippen molar-refractivity contribution in [1.29, 1.82) is 0 Å². The normalized spacial score (nSPS) is 21.9. The van der Waals surface area contributed by atoms with Crippen LogP contribution in [0.25, 0.3) is 0 Å². The molecule has 1 fully saturated rings. The molecule has 6 nitrogen and oxygen atoms in total. The maximum Gasteiger partial charge on any atom is 0.345 e. The predicted octanol–water partition coefficient (Wildman–Crippen LogP) is 0.856. The van der Waals surface area contributed by atoms with E-state index in [1.807, 2.05) is 0 Å². The number of carboxylic acid groups (broad SMARTS) is 1. The van der Waals surface area contributed by atoms with E-state index >= 15 is 0 Å². The van der Waals surface area contributed by atoms with Crippen molar-refractivity contribution in [3.8, 4) is 0 Å². The highest BCUT2D eigenvalue weighted by atomic mass is 32.2. The molecule has 1 aromatic rings. The van der Waals surface area contributed by atoms with Gasteiger partial charge in [0.25, 0.3) is 10.0 Å². The average molecular weight is 291 g/mol. The number of hydrogen-bond acceptors (Lipinski definition) is 5. The molecule has 1 N–H and O–H groups in total. The van der Waals surface area contributed by atoms with E-state index in [0.29, 0.717) is 19.8 Å². The molecule has 100 valence electrons. The lowest BCUT2D eigenvalue weighted by Gasteiger charge is -2.31. The molecule has 2 heterocycles. The van der Waals surface area contributed by atoms with E-state index in [2.05, 4.69) is 0 Å². The third kappa shape index (κ3) is 2.41. The van der Waals surface area contributed by atoms with Crippen LogP contribution in [0.1, 0.15) is 16.6 Å². The number of hydrogen-bond donors (Lipinski definition) is 1. The minimum atomic E-state index is -3.62.